The van der Waals surface area contributed by atoms with E-state index in [9.17, 15) is 4.79 Å². The SMILES string of the molecule is CN(C)C(=O)CNC(=NCc1ccccc1)NCCc1ccc2c(c1)OCO2.I. The van der Waals surface area contributed by atoms with Gasteiger partial charge in [-0.3, -0.25) is 4.79 Å². The normalized spacial score (nSPS) is 12.1. The molecule has 2 aromatic carbocycles. The molecule has 29 heavy (non-hydrogen) atoms. The van der Waals surface area contributed by atoms with Crippen LogP contribution < -0.4 is 20.1 Å². The molecule has 0 radical (unpaired) electrons. The molecule has 8 heteroatoms. The van der Waals surface area contributed by atoms with Crippen molar-refractivity contribution in [2.24, 2.45) is 4.99 Å². The average Bonchev–Trinajstić information content (AvgIpc) is 3.18. The van der Waals surface area contributed by atoms with E-state index in [1.54, 1.807) is 19.0 Å². The lowest BCUT2D eigenvalue weighted by atomic mass is 10.1. The molecule has 0 aromatic heterocycles. The summed E-state index contributed by atoms with van der Waals surface area (Å²) >= 11 is 0. The number of amides is 1. The fourth-order valence-electron chi connectivity index (χ4n) is 2.67. The van der Waals surface area contributed by atoms with Crippen molar-refractivity contribution < 1.29 is 14.3 Å². The maximum atomic E-state index is 11.9. The number of rotatable bonds is 7. The number of nitrogens with zero attached hydrogens (tertiary/aromatic N) is 2. The highest BCUT2D eigenvalue weighted by Gasteiger charge is 2.13. The molecule has 156 valence electrons. The molecular formula is C21H27IN4O3. The first-order valence-corrected chi connectivity index (χ1v) is 9.26. The molecule has 2 aromatic rings. The molecule has 2 N–H and O–H groups in total. The van der Waals surface area contributed by atoms with Gasteiger partial charge in [0.1, 0.15) is 0 Å². The lowest BCUT2D eigenvalue weighted by Gasteiger charge is -2.15. The molecule has 0 fully saturated rings. The van der Waals surface area contributed by atoms with E-state index in [-0.39, 0.29) is 43.2 Å². The van der Waals surface area contributed by atoms with Gasteiger partial charge in [0.2, 0.25) is 12.7 Å². The summed E-state index contributed by atoms with van der Waals surface area (Å²) in [5.41, 5.74) is 2.25. The van der Waals surface area contributed by atoms with Gasteiger partial charge in [-0.15, -0.1) is 24.0 Å². The van der Waals surface area contributed by atoms with E-state index in [4.69, 9.17) is 9.47 Å². The fourth-order valence-corrected chi connectivity index (χ4v) is 2.67. The van der Waals surface area contributed by atoms with Crippen LogP contribution in [-0.4, -0.2) is 50.7 Å². The summed E-state index contributed by atoms with van der Waals surface area (Å²) in [4.78, 5) is 18.0. The minimum atomic E-state index is -0.00928. The zero-order chi connectivity index (χ0) is 19.8. The Balaban J connectivity index is 0.00000300. The molecule has 0 atom stereocenters. The molecule has 0 saturated heterocycles. The van der Waals surface area contributed by atoms with Crippen LogP contribution in [0.5, 0.6) is 11.5 Å². The van der Waals surface area contributed by atoms with E-state index in [1.165, 1.54) is 0 Å². The quantitative estimate of drug-likeness (QED) is 0.340. The minimum Gasteiger partial charge on any atom is -0.454 e. The van der Waals surface area contributed by atoms with Crippen molar-refractivity contribution in [1.29, 1.82) is 0 Å². The van der Waals surface area contributed by atoms with Crippen LogP contribution in [0.4, 0.5) is 0 Å². The number of fused-ring (bicyclic) bond motifs is 1. The number of carbonyl (C=O) groups is 1. The minimum absolute atomic E-state index is 0. The van der Waals surface area contributed by atoms with Crippen LogP contribution in [-0.2, 0) is 17.8 Å². The Labute approximate surface area is 188 Å². The highest BCUT2D eigenvalue weighted by Crippen LogP contribution is 2.32. The number of halogens is 1. The number of carbonyl (C=O) groups excluding carboxylic acids is 1. The van der Waals surface area contributed by atoms with Gasteiger partial charge in [-0.25, -0.2) is 4.99 Å². The Morgan fingerprint density at radius 2 is 1.79 bits per heavy atom. The van der Waals surface area contributed by atoms with E-state index in [2.05, 4.69) is 15.6 Å². The van der Waals surface area contributed by atoms with Gasteiger partial charge in [0.15, 0.2) is 17.5 Å². The molecule has 0 saturated carbocycles. The second kappa shape index (κ2) is 11.5. The van der Waals surface area contributed by atoms with E-state index < -0.39 is 0 Å². The van der Waals surface area contributed by atoms with Crippen molar-refractivity contribution in [1.82, 2.24) is 15.5 Å². The summed E-state index contributed by atoms with van der Waals surface area (Å²) in [6.07, 6.45) is 0.796. The number of likely N-dealkylation sites (N-methyl/N-ethyl adjacent to an activating group) is 1. The summed E-state index contributed by atoms with van der Waals surface area (Å²) in [5.74, 6) is 2.17. The topological polar surface area (TPSA) is 75.2 Å². The maximum absolute atomic E-state index is 11.9. The summed E-state index contributed by atoms with van der Waals surface area (Å²) in [6.45, 7) is 1.68. The molecule has 1 amide bonds. The second-order valence-corrected chi connectivity index (χ2v) is 6.66. The summed E-state index contributed by atoms with van der Waals surface area (Å²) in [7, 11) is 3.47. The van der Waals surface area contributed by atoms with Crippen LogP contribution in [0, 0.1) is 0 Å². The smallest absolute Gasteiger partial charge is 0.241 e. The molecule has 0 bridgehead atoms. The Hall–Kier alpha value is -2.49. The van der Waals surface area contributed by atoms with Crippen LogP contribution in [0.3, 0.4) is 0 Å². The van der Waals surface area contributed by atoms with E-state index in [0.717, 1.165) is 29.0 Å². The van der Waals surface area contributed by atoms with Crippen molar-refractivity contribution >= 4 is 35.8 Å². The first-order valence-electron chi connectivity index (χ1n) is 9.26. The summed E-state index contributed by atoms with van der Waals surface area (Å²) in [6, 6.07) is 16.0. The van der Waals surface area contributed by atoms with E-state index >= 15 is 0 Å². The van der Waals surface area contributed by atoms with Crippen molar-refractivity contribution in [2.45, 2.75) is 13.0 Å². The van der Waals surface area contributed by atoms with Gasteiger partial charge < -0.3 is 25.0 Å². The lowest BCUT2D eigenvalue weighted by molar-refractivity contribution is -0.127. The first-order chi connectivity index (χ1) is 13.6. The number of nitrogens with one attached hydrogen (secondary N) is 2. The summed E-state index contributed by atoms with van der Waals surface area (Å²) < 4.78 is 10.8. The predicted octanol–water partition coefficient (Wildman–Crippen LogP) is 2.40. The summed E-state index contributed by atoms with van der Waals surface area (Å²) in [5, 5.41) is 6.40. The number of guanidine groups is 1. The maximum Gasteiger partial charge on any atom is 0.241 e. The Morgan fingerprint density at radius 1 is 1.03 bits per heavy atom. The second-order valence-electron chi connectivity index (χ2n) is 6.66. The first kappa shape index (κ1) is 22.8. The molecule has 7 nitrogen and oxygen atoms in total. The number of benzene rings is 2. The number of aliphatic imine (C=N–C) groups is 1. The van der Waals surface area contributed by atoms with Gasteiger partial charge in [0.05, 0.1) is 13.1 Å². The highest BCUT2D eigenvalue weighted by atomic mass is 127. The van der Waals surface area contributed by atoms with Crippen LogP contribution in [0.15, 0.2) is 53.5 Å². The van der Waals surface area contributed by atoms with Gasteiger partial charge in [-0.1, -0.05) is 36.4 Å². The van der Waals surface area contributed by atoms with Crippen LogP contribution in [0.2, 0.25) is 0 Å². The molecule has 0 spiro atoms. The monoisotopic (exact) mass is 510 g/mol. The molecule has 0 unspecified atom stereocenters. The Bertz CT molecular complexity index is 828. The Kier molecular flexibility index (Phi) is 9.04. The molecule has 1 heterocycles. The zero-order valence-electron chi connectivity index (χ0n) is 16.7. The van der Waals surface area contributed by atoms with Crippen molar-refractivity contribution in [3.63, 3.8) is 0 Å². The van der Waals surface area contributed by atoms with E-state index in [0.29, 0.717) is 19.0 Å². The molecular weight excluding hydrogens is 483 g/mol. The van der Waals surface area contributed by atoms with Crippen LogP contribution in [0.25, 0.3) is 0 Å². The largest absolute Gasteiger partial charge is 0.454 e. The fraction of sp³-hybridized carbons (Fsp3) is 0.333. The van der Waals surface area contributed by atoms with Gasteiger partial charge in [0.25, 0.3) is 0 Å². The number of ether oxygens (including phenoxy) is 2. The zero-order valence-corrected chi connectivity index (χ0v) is 19.0. The van der Waals surface area contributed by atoms with Crippen LogP contribution in [0.1, 0.15) is 11.1 Å². The predicted molar refractivity (Wildman–Crippen MR) is 124 cm³/mol. The number of hydrogen-bond donors (Lipinski definition) is 2. The van der Waals surface area contributed by atoms with Gasteiger partial charge in [-0.05, 0) is 29.7 Å². The van der Waals surface area contributed by atoms with Crippen molar-refractivity contribution in [3.8, 4) is 11.5 Å². The standard InChI is InChI=1S/C21H26N4O3.HI/c1-25(2)20(26)14-24-21(23-13-17-6-4-3-5-7-17)22-11-10-16-8-9-18-19(12-16)28-15-27-18;/h3-9,12H,10-11,13-15H2,1-2H3,(H2,22,23,24);1H. The van der Waals surface area contributed by atoms with Crippen molar-refractivity contribution in [2.75, 3.05) is 34.0 Å². The van der Waals surface area contributed by atoms with Gasteiger partial charge in [-0.2, -0.15) is 0 Å². The van der Waals surface area contributed by atoms with Gasteiger partial charge >= 0.3 is 0 Å². The third-order valence-corrected chi connectivity index (χ3v) is 4.31. The van der Waals surface area contributed by atoms with Gasteiger partial charge in [0, 0.05) is 20.6 Å². The van der Waals surface area contributed by atoms with Crippen LogP contribution >= 0.6 is 24.0 Å². The number of hydrogen-bond acceptors (Lipinski definition) is 4. The lowest BCUT2D eigenvalue weighted by Crippen LogP contribution is -2.43. The third-order valence-electron chi connectivity index (χ3n) is 4.31. The van der Waals surface area contributed by atoms with Crippen molar-refractivity contribution in [3.05, 3.63) is 59.7 Å². The average molecular weight is 510 g/mol. The molecule has 1 aliphatic rings. The molecule has 0 aliphatic carbocycles. The molecule has 3 rings (SSSR count). The third kappa shape index (κ3) is 7.12. The Morgan fingerprint density at radius 3 is 2.55 bits per heavy atom. The highest BCUT2D eigenvalue weighted by molar-refractivity contribution is 14.0. The van der Waals surface area contributed by atoms with E-state index in [1.807, 2.05) is 48.5 Å². The molecule has 1 aliphatic heterocycles.